The summed E-state index contributed by atoms with van der Waals surface area (Å²) in [5.74, 6) is 2.36. The van der Waals surface area contributed by atoms with Crippen molar-refractivity contribution >= 4 is 0 Å². The lowest BCUT2D eigenvalue weighted by atomic mass is 9.95. The molecule has 1 fully saturated rings. The Labute approximate surface area is 107 Å². The van der Waals surface area contributed by atoms with Gasteiger partial charge in [-0.2, -0.15) is 0 Å². The maximum atomic E-state index is 4.34. The van der Waals surface area contributed by atoms with E-state index in [-0.39, 0.29) is 0 Å². The van der Waals surface area contributed by atoms with Crippen LogP contribution in [0.5, 0.6) is 0 Å². The molecule has 0 aromatic heterocycles. The second-order valence-corrected chi connectivity index (χ2v) is 5.12. The van der Waals surface area contributed by atoms with E-state index in [1.807, 2.05) is 12.2 Å². The molecule has 0 heterocycles. The number of hydrogen-bond acceptors (Lipinski definition) is 0. The Morgan fingerprint density at radius 1 is 1.29 bits per heavy atom. The van der Waals surface area contributed by atoms with Gasteiger partial charge >= 0.3 is 0 Å². The van der Waals surface area contributed by atoms with E-state index in [4.69, 9.17) is 0 Å². The Balaban J connectivity index is 2.90. The molecule has 1 rings (SSSR count). The van der Waals surface area contributed by atoms with Crippen molar-refractivity contribution < 1.29 is 0 Å². The summed E-state index contributed by atoms with van der Waals surface area (Å²) in [6.07, 6.45) is 8.39. The van der Waals surface area contributed by atoms with Crippen molar-refractivity contribution in [1.29, 1.82) is 0 Å². The fourth-order valence-electron chi connectivity index (χ4n) is 2.80. The molecule has 0 saturated heterocycles. The molecule has 0 spiro atoms. The van der Waals surface area contributed by atoms with Gasteiger partial charge in [0.15, 0.2) is 0 Å². The van der Waals surface area contributed by atoms with Crippen molar-refractivity contribution in [2.45, 2.75) is 40.5 Å². The number of allylic oxidation sites excluding steroid dienone is 6. The van der Waals surface area contributed by atoms with Gasteiger partial charge < -0.3 is 0 Å². The molecule has 1 aliphatic rings. The summed E-state index contributed by atoms with van der Waals surface area (Å²) in [4.78, 5) is 0. The molecule has 0 aromatic carbocycles. The minimum Gasteiger partial charge on any atom is -0.0991 e. The number of rotatable bonds is 6. The van der Waals surface area contributed by atoms with Gasteiger partial charge in [-0.25, -0.2) is 0 Å². The summed E-state index contributed by atoms with van der Waals surface area (Å²) in [6, 6.07) is 0. The third-order valence-corrected chi connectivity index (χ3v) is 4.17. The maximum absolute atomic E-state index is 4.34. The van der Waals surface area contributed by atoms with Crippen LogP contribution in [-0.2, 0) is 0 Å². The van der Waals surface area contributed by atoms with E-state index >= 15 is 0 Å². The van der Waals surface area contributed by atoms with E-state index < -0.39 is 0 Å². The molecule has 94 valence electrons. The van der Waals surface area contributed by atoms with Crippen LogP contribution in [0.1, 0.15) is 40.5 Å². The molecule has 0 aromatic rings. The van der Waals surface area contributed by atoms with Gasteiger partial charge in [0.2, 0.25) is 0 Å². The van der Waals surface area contributed by atoms with Gasteiger partial charge in [0.1, 0.15) is 0 Å². The highest BCUT2D eigenvalue weighted by molar-refractivity contribution is 5.46. The minimum atomic E-state index is 0.700. The molecule has 1 aliphatic carbocycles. The lowest BCUT2D eigenvalue weighted by molar-refractivity contribution is 0.713. The highest BCUT2D eigenvalue weighted by Crippen LogP contribution is 2.54. The van der Waals surface area contributed by atoms with Gasteiger partial charge in [0.05, 0.1) is 0 Å². The summed E-state index contributed by atoms with van der Waals surface area (Å²) in [5, 5.41) is 0. The quantitative estimate of drug-likeness (QED) is 0.543. The van der Waals surface area contributed by atoms with E-state index in [0.717, 1.165) is 18.3 Å². The topological polar surface area (TPSA) is 0 Å². The Hall–Kier alpha value is -1.04. The Morgan fingerprint density at radius 3 is 2.35 bits per heavy atom. The molecule has 3 atom stereocenters. The van der Waals surface area contributed by atoms with E-state index in [1.54, 1.807) is 0 Å². The molecule has 3 unspecified atom stereocenters. The zero-order valence-electron chi connectivity index (χ0n) is 11.8. The molecule has 0 heteroatoms. The fourth-order valence-corrected chi connectivity index (χ4v) is 2.80. The predicted octanol–water partition coefficient (Wildman–Crippen LogP) is 5.30. The average molecular weight is 230 g/mol. The highest BCUT2D eigenvalue weighted by atomic mass is 14.5. The van der Waals surface area contributed by atoms with E-state index in [0.29, 0.717) is 5.92 Å². The van der Waals surface area contributed by atoms with Crippen molar-refractivity contribution in [3.8, 4) is 0 Å². The minimum absolute atomic E-state index is 0.700. The monoisotopic (exact) mass is 230 g/mol. The van der Waals surface area contributed by atoms with E-state index in [9.17, 15) is 0 Å². The summed E-state index contributed by atoms with van der Waals surface area (Å²) in [5.41, 5.74) is 4.11. The first kappa shape index (κ1) is 14.0. The first-order valence-corrected chi connectivity index (χ1v) is 6.76. The molecule has 0 radical (unpaired) electrons. The zero-order valence-corrected chi connectivity index (χ0v) is 11.8. The van der Waals surface area contributed by atoms with Crippen LogP contribution in [-0.4, -0.2) is 0 Å². The van der Waals surface area contributed by atoms with Crippen LogP contribution in [0.25, 0.3) is 0 Å². The van der Waals surface area contributed by atoms with Crippen LogP contribution in [0.15, 0.2) is 48.1 Å². The first-order chi connectivity index (χ1) is 8.08. The third-order valence-electron chi connectivity index (χ3n) is 4.17. The van der Waals surface area contributed by atoms with Gasteiger partial charge in [-0.05, 0) is 42.2 Å². The third kappa shape index (κ3) is 3.00. The van der Waals surface area contributed by atoms with Gasteiger partial charge in [-0.3, -0.25) is 0 Å². The lowest BCUT2D eigenvalue weighted by Crippen LogP contribution is -1.94. The van der Waals surface area contributed by atoms with Gasteiger partial charge in [-0.1, -0.05) is 64.2 Å². The van der Waals surface area contributed by atoms with Crippen LogP contribution >= 0.6 is 0 Å². The molecule has 17 heavy (non-hydrogen) atoms. The second-order valence-electron chi connectivity index (χ2n) is 5.12. The van der Waals surface area contributed by atoms with Crippen LogP contribution in [0.2, 0.25) is 0 Å². The zero-order chi connectivity index (χ0) is 13.0. The predicted molar refractivity (Wildman–Crippen MR) is 77.9 cm³/mol. The Bertz CT molecular complexity index is 354. The van der Waals surface area contributed by atoms with Crippen LogP contribution in [0.3, 0.4) is 0 Å². The Morgan fingerprint density at radius 2 is 1.94 bits per heavy atom. The molecule has 0 bridgehead atoms. The largest absolute Gasteiger partial charge is 0.0991 e. The van der Waals surface area contributed by atoms with Gasteiger partial charge in [0, 0.05) is 0 Å². The SMILES string of the molecule is C=CC=CC(C(=C)C1C(C)C1CC)=C(C)CC. The normalized spacial score (nSPS) is 29.1. The van der Waals surface area contributed by atoms with Gasteiger partial charge in [0.25, 0.3) is 0 Å². The molecule has 0 aliphatic heterocycles. The first-order valence-electron chi connectivity index (χ1n) is 6.76. The molecular formula is C17H26. The molecule has 0 amide bonds. The smallest absolute Gasteiger partial charge is 0.0102 e. The number of hydrogen-bond donors (Lipinski definition) is 0. The molecular weight excluding hydrogens is 204 g/mol. The van der Waals surface area contributed by atoms with Gasteiger partial charge in [-0.15, -0.1) is 0 Å². The maximum Gasteiger partial charge on any atom is -0.0102 e. The summed E-state index contributed by atoms with van der Waals surface area (Å²) in [6.45, 7) is 17.1. The van der Waals surface area contributed by atoms with E-state index in [1.165, 1.54) is 23.1 Å². The average Bonchev–Trinajstić information content (AvgIpc) is 2.99. The Kier molecular flexibility index (Phi) is 4.99. The molecule has 0 nitrogen and oxygen atoms in total. The highest BCUT2D eigenvalue weighted by Gasteiger charge is 2.46. The standard InChI is InChI=1S/C17H26/c1-7-10-11-16(12(4)8-2)14(6)17-13(5)15(17)9-3/h7,10-11,13,15,17H,1,6,8-9H2,2-5H3. The molecule has 1 saturated carbocycles. The van der Waals surface area contributed by atoms with Crippen molar-refractivity contribution in [1.82, 2.24) is 0 Å². The summed E-state index contributed by atoms with van der Waals surface area (Å²) in [7, 11) is 0. The summed E-state index contributed by atoms with van der Waals surface area (Å²) < 4.78 is 0. The van der Waals surface area contributed by atoms with Crippen molar-refractivity contribution in [3.63, 3.8) is 0 Å². The van der Waals surface area contributed by atoms with Crippen molar-refractivity contribution in [2.75, 3.05) is 0 Å². The van der Waals surface area contributed by atoms with Crippen LogP contribution < -0.4 is 0 Å². The summed E-state index contributed by atoms with van der Waals surface area (Å²) >= 11 is 0. The fraction of sp³-hybridized carbons (Fsp3) is 0.529. The lowest BCUT2D eigenvalue weighted by Gasteiger charge is -2.11. The second kappa shape index (κ2) is 6.05. The van der Waals surface area contributed by atoms with Crippen LogP contribution in [0.4, 0.5) is 0 Å². The van der Waals surface area contributed by atoms with Crippen molar-refractivity contribution in [2.24, 2.45) is 17.8 Å². The van der Waals surface area contributed by atoms with E-state index in [2.05, 4.69) is 46.9 Å². The van der Waals surface area contributed by atoms with Crippen molar-refractivity contribution in [3.05, 3.63) is 48.1 Å². The van der Waals surface area contributed by atoms with Crippen LogP contribution in [0, 0.1) is 17.8 Å². The molecule has 0 N–H and O–H groups in total.